The third kappa shape index (κ3) is 8.23. The van der Waals surface area contributed by atoms with Crippen LogP contribution in [0.4, 0.5) is 5.69 Å². The molecule has 0 aliphatic carbocycles. The number of aryl methyl sites for hydroxylation is 1. The topological polar surface area (TPSA) is 76.5 Å². The van der Waals surface area contributed by atoms with Gasteiger partial charge in [-0.1, -0.05) is 37.3 Å². The van der Waals surface area contributed by atoms with E-state index in [1.807, 2.05) is 31.2 Å². The van der Waals surface area contributed by atoms with Crippen molar-refractivity contribution in [1.82, 2.24) is 14.7 Å². The van der Waals surface area contributed by atoms with Gasteiger partial charge < -0.3 is 15.0 Å². The molecule has 29 heavy (non-hydrogen) atoms. The van der Waals surface area contributed by atoms with E-state index in [0.717, 1.165) is 5.75 Å². The van der Waals surface area contributed by atoms with Crippen LogP contribution in [0.5, 0.6) is 5.75 Å². The summed E-state index contributed by atoms with van der Waals surface area (Å²) >= 11 is 0. The van der Waals surface area contributed by atoms with Crippen LogP contribution < -0.4 is 10.1 Å². The van der Waals surface area contributed by atoms with Crippen molar-refractivity contribution < 1.29 is 14.3 Å². The maximum Gasteiger partial charge on any atom is 0.299 e. The van der Waals surface area contributed by atoms with Crippen LogP contribution in [0.25, 0.3) is 0 Å². The Hall–Kier alpha value is -3.05. The van der Waals surface area contributed by atoms with Crippen LogP contribution in [0.1, 0.15) is 5.56 Å². The molecule has 0 aliphatic heterocycles. The third-order valence-corrected chi connectivity index (χ3v) is 4.76. The zero-order valence-electron chi connectivity index (χ0n) is 17.7. The monoisotopic (exact) mass is 412 g/mol. The van der Waals surface area contributed by atoms with E-state index < -0.39 is 8.07 Å². The van der Waals surface area contributed by atoms with Crippen molar-refractivity contribution in [3.8, 4) is 17.2 Å². The van der Waals surface area contributed by atoms with Crippen molar-refractivity contribution in [3.05, 3.63) is 42.2 Å². The van der Waals surface area contributed by atoms with Crippen LogP contribution in [-0.4, -0.2) is 54.8 Å². The van der Waals surface area contributed by atoms with E-state index in [0.29, 0.717) is 18.8 Å². The van der Waals surface area contributed by atoms with Gasteiger partial charge in [0.1, 0.15) is 27.0 Å². The highest BCUT2D eigenvalue weighted by atomic mass is 28.3. The third-order valence-electron chi connectivity index (χ3n) is 3.88. The summed E-state index contributed by atoms with van der Waals surface area (Å²) in [5.41, 5.74) is 4.69. The number of ether oxygens (including phenoxy) is 1. The molecule has 0 unspecified atom stereocenters. The second kappa shape index (κ2) is 9.93. The summed E-state index contributed by atoms with van der Waals surface area (Å²) in [6.07, 6.45) is 3.12. The van der Waals surface area contributed by atoms with Gasteiger partial charge in [0.25, 0.3) is 5.91 Å². The molecule has 0 atom stereocenters. The van der Waals surface area contributed by atoms with E-state index in [9.17, 15) is 9.59 Å². The summed E-state index contributed by atoms with van der Waals surface area (Å²) in [5.74, 6) is 2.92. The second-order valence-electron chi connectivity index (χ2n) is 7.86. The van der Waals surface area contributed by atoms with Gasteiger partial charge in [0, 0.05) is 13.2 Å². The van der Waals surface area contributed by atoms with E-state index in [1.54, 1.807) is 18.1 Å². The Morgan fingerprint density at radius 1 is 1.24 bits per heavy atom. The van der Waals surface area contributed by atoms with Gasteiger partial charge in [-0.05, 0) is 25.0 Å². The lowest BCUT2D eigenvalue weighted by molar-refractivity contribution is -0.131. The van der Waals surface area contributed by atoms with Crippen molar-refractivity contribution in [3.63, 3.8) is 0 Å². The molecule has 2 aromatic rings. The van der Waals surface area contributed by atoms with Gasteiger partial charge in [0.05, 0.1) is 18.4 Å². The number of carbonyl (C=O) groups is 2. The van der Waals surface area contributed by atoms with Crippen LogP contribution in [0.2, 0.25) is 19.6 Å². The van der Waals surface area contributed by atoms with Gasteiger partial charge in [0.2, 0.25) is 5.91 Å². The summed E-state index contributed by atoms with van der Waals surface area (Å²) in [6.45, 7) is 9.17. The van der Waals surface area contributed by atoms with Gasteiger partial charge in [-0.3, -0.25) is 14.3 Å². The Morgan fingerprint density at radius 3 is 2.59 bits per heavy atom. The van der Waals surface area contributed by atoms with Crippen molar-refractivity contribution in [2.24, 2.45) is 0 Å². The van der Waals surface area contributed by atoms with Crippen molar-refractivity contribution in [2.45, 2.75) is 33.1 Å². The SMILES string of the molecule is Cc1ccc(OCCN(C)C(=O)Cn2cc(NC(=O)C#C[Si](C)(C)C)cn2)cc1. The Bertz CT molecular complexity index is 904. The number of carbonyl (C=O) groups excluding carboxylic acids is 2. The molecule has 0 saturated heterocycles. The molecule has 0 spiro atoms. The zero-order chi connectivity index (χ0) is 21.4. The standard InChI is InChI=1S/C21H28N4O3Si/c1-17-6-8-19(9-7-17)28-12-11-24(2)21(27)16-25-15-18(14-22-25)23-20(26)10-13-29(3,4)5/h6-9,14-15H,11-12,16H2,1-5H3,(H,23,26). The van der Waals surface area contributed by atoms with E-state index in [4.69, 9.17) is 4.74 Å². The van der Waals surface area contributed by atoms with E-state index in [1.165, 1.54) is 16.4 Å². The number of likely N-dealkylation sites (N-methyl/N-ethyl adjacent to an activating group) is 1. The first-order valence-corrected chi connectivity index (χ1v) is 12.9. The molecule has 1 N–H and O–H groups in total. The van der Waals surface area contributed by atoms with Crippen LogP contribution in [0.15, 0.2) is 36.7 Å². The summed E-state index contributed by atoms with van der Waals surface area (Å²) < 4.78 is 7.14. The Balaban J connectivity index is 1.78. The molecular weight excluding hydrogens is 384 g/mol. The number of benzene rings is 1. The van der Waals surface area contributed by atoms with Crippen LogP contribution in [-0.2, 0) is 16.1 Å². The van der Waals surface area contributed by atoms with E-state index in [2.05, 4.69) is 41.5 Å². The summed E-state index contributed by atoms with van der Waals surface area (Å²) in [4.78, 5) is 25.8. The van der Waals surface area contributed by atoms with Gasteiger partial charge in [-0.2, -0.15) is 5.10 Å². The lowest BCUT2D eigenvalue weighted by Crippen LogP contribution is -2.33. The highest BCUT2D eigenvalue weighted by Gasteiger charge is 2.12. The molecular formula is C21H28N4O3Si. The van der Waals surface area contributed by atoms with Crippen LogP contribution >= 0.6 is 0 Å². The average molecular weight is 413 g/mol. The molecule has 1 aromatic heterocycles. The lowest BCUT2D eigenvalue weighted by atomic mass is 10.2. The molecule has 0 fully saturated rings. The Morgan fingerprint density at radius 2 is 1.93 bits per heavy atom. The maximum atomic E-state index is 12.3. The first-order chi connectivity index (χ1) is 13.6. The highest BCUT2D eigenvalue weighted by molar-refractivity contribution is 6.84. The molecule has 0 aliphatic rings. The zero-order valence-corrected chi connectivity index (χ0v) is 18.7. The maximum absolute atomic E-state index is 12.3. The summed E-state index contributed by atoms with van der Waals surface area (Å²) in [7, 11) is 0.116. The fourth-order valence-corrected chi connectivity index (χ4v) is 2.73. The molecule has 154 valence electrons. The van der Waals surface area contributed by atoms with Crippen molar-refractivity contribution in [2.75, 3.05) is 25.5 Å². The molecule has 1 aromatic carbocycles. The second-order valence-corrected chi connectivity index (χ2v) is 12.6. The number of aromatic nitrogens is 2. The molecule has 0 bridgehead atoms. The minimum Gasteiger partial charge on any atom is -0.492 e. The van der Waals surface area contributed by atoms with Gasteiger partial charge in [-0.25, -0.2) is 0 Å². The van der Waals surface area contributed by atoms with Gasteiger partial charge in [-0.15, -0.1) is 5.54 Å². The highest BCUT2D eigenvalue weighted by Crippen LogP contribution is 2.11. The number of rotatable bonds is 7. The van der Waals surface area contributed by atoms with Crippen molar-refractivity contribution >= 4 is 25.6 Å². The number of amides is 2. The molecule has 2 amide bonds. The van der Waals surface area contributed by atoms with E-state index >= 15 is 0 Å². The number of hydrogen-bond donors (Lipinski definition) is 1. The van der Waals surface area contributed by atoms with Gasteiger partial charge in [0.15, 0.2) is 0 Å². The molecule has 7 nitrogen and oxygen atoms in total. The van der Waals surface area contributed by atoms with Crippen LogP contribution in [0.3, 0.4) is 0 Å². The summed E-state index contributed by atoms with van der Waals surface area (Å²) in [6, 6.07) is 7.78. The quantitative estimate of drug-likeness (QED) is 0.560. The number of nitrogens with one attached hydrogen (secondary N) is 1. The summed E-state index contributed by atoms with van der Waals surface area (Å²) in [5, 5.41) is 6.80. The molecule has 1 heterocycles. The minimum atomic E-state index is -1.61. The first-order valence-electron chi connectivity index (χ1n) is 9.42. The largest absolute Gasteiger partial charge is 0.492 e. The molecule has 0 saturated carbocycles. The van der Waals surface area contributed by atoms with Gasteiger partial charge >= 0.3 is 0 Å². The van der Waals surface area contributed by atoms with Crippen LogP contribution in [0, 0.1) is 18.4 Å². The smallest absolute Gasteiger partial charge is 0.299 e. The first kappa shape index (κ1) is 22.2. The normalized spacial score (nSPS) is 10.7. The van der Waals surface area contributed by atoms with Crippen molar-refractivity contribution in [1.29, 1.82) is 0 Å². The molecule has 8 heteroatoms. The molecule has 2 rings (SSSR count). The molecule has 0 radical (unpaired) electrons. The predicted molar refractivity (Wildman–Crippen MR) is 116 cm³/mol. The Labute approximate surface area is 173 Å². The number of hydrogen-bond acceptors (Lipinski definition) is 4. The average Bonchev–Trinajstić information content (AvgIpc) is 3.07. The lowest BCUT2D eigenvalue weighted by Gasteiger charge is -2.17. The van der Waals surface area contributed by atoms with E-state index in [-0.39, 0.29) is 18.4 Å². The Kier molecular flexibility index (Phi) is 7.62. The number of nitrogens with zero attached hydrogens (tertiary/aromatic N) is 3. The fourth-order valence-electron chi connectivity index (χ4n) is 2.24. The number of anilines is 1. The fraction of sp³-hybridized carbons (Fsp3) is 0.381. The minimum absolute atomic E-state index is 0.0808. The predicted octanol–water partition coefficient (Wildman–Crippen LogP) is 2.55.